The van der Waals surface area contributed by atoms with Gasteiger partial charge in [-0.05, 0) is 44.0 Å². The molecule has 134 valence electrons. The molecule has 1 aromatic carbocycles. The summed E-state index contributed by atoms with van der Waals surface area (Å²) < 4.78 is 7.19. The highest BCUT2D eigenvalue weighted by Gasteiger charge is 2.21. The third kappa shape index (κ3) is 3.08. The molecule has 2 aromatic heterocycles. The third-order valence-electron chi connectivity index (χ3n) is 5.05. The lowest BCUT2D eigenvalue weighted by molar-refractivity contribution is 0.408. The van der Waals surface area contributed by atoms with Gasteiger partial charge in [0.15, 0.2) is 5.65 Å². The first-order chi connectivity index (χ1) is 12.8. The van der Waals surface area contributed by atoms with Gasteiger partial charge in [-0.3, -0.25) is 14.3 Å². The number of hydrogen-bond donors (Lipinski definition) is 1. The van der Waals surface area contributed by atoms with Crippen LogP contribution in [0.25, 0.3) is 11.2 Å². The molecule has 0 aliphatic carbocycles. The fourth-order valence-corrected chi connectivity index (χ4v) is 3.69. The fourth-order valence-electron chi connectivity index (χ4n) is 3.69. The van der Waals surface area contributed by atoms with Crippen LogP contribution in [0.15, 0.2) is 47.5 Å². The van der Waals surface area contributed by atoms with E-state index in [0.717, 1.165) is 48.3 Å². The van der Waals surface area contributed by atoms with Crippen molar-refractivity contribution < 1.29 is 4.74 Å². The zero-order valence-electron chi connectivity index (χ0n) is 14.8. The summed E-state index contributed by atoms with van der Waals surface area (Å²) in [5.74, 6) is 1.03. The number of para-hydroxylation sites is 1. The number of nitrogens with zero attached hydrogens (tertiary/aromatic N) is 3. The van der Waals surface area contributed by atoms with Gasteiger partial charge in [0.05, 0.1) is 13.7 Å². The van der Waals surface area contributed by atoms with E-state index in [1.807, 2.05) is 30.3 Å². The van der Waals surface area contributed by atoms with Crippen LogP contribution in [0.4, 0.5) is 0 Å². The van der Waals surface area contributed by atoms with Crippen molar-refractivity contribution in [3.05, 3.63) is 64.2 Å². The smallest absolute Gasteiger partial charge is 0.256 e. The van der Waals surface area contributed by atoms with Crippen molar-refractivity contribution in [2.45, 2.75) is 25.3 Å². The minimum absolute atomic E-state index is 0.0239. The van der Waals surface area contributed by atoms with Crippen molar-refractivity contribution in [1.82, 2.24) is 19.9 Å². The number of hydrogen-bond acceptors (Lipinski definition) is 5. The molecular formula is C20H22N4O2. The van der Waals surface area contributed by atoms with Gasteiger partial charge >= 0.3 is 0 Å². The summed E-state index contributed by atoms with van der Waals surface area (Å²) in [4.78, 5) is 22.2. The molecule has 1 N–H and O–H groups in total. The molecule has 0 amide bonds. The predicted molar refractivity (Wildman–Crippen MR) is 101 cm³/mol. The second-order valence-electron chi connectivity index (χ2n) is 6.59. The van der Waals surface area contributed by atoms with Gasteiger partial charge in [-0.15, -0.1) is 0 Å². The quantitative estimate of drug-likeness (QED) is 0.782. The van der Waals surface area contributed by atoms with Crippen LogP contribution in [0.5, 0.6) is 5.75 Å². The van der Waals surface area contributed by atoms with Crippen molar-refractivity contribution in [3.63, 3.8) is 0 Å². The standard InChI is InChI=1S/C20H22N4O2/c1-26-18-5-3-2-4-15(18)13-24-19-17(22-10-11-23-19)12-16(20(24)25)14-6-8-21-9-7-14/h2-5,10-12,14,21H,6-9,13H2,1H3. The number of ether oxygens (including phenoxy) is 1. The SMILES string of the molecule is COc1ccccc1Cn1c(=O)c(C2CCNCC2)cc2nccnc21. The average molecular weight is 350 g/mol. The van der Waals surface area contributed by atoms with E-state index >= 15 is 0 Å². The van der Waals surface area contributed by atoms with E-state index < -0.39 is 0 Å². The van der Waals surface area contributed by atoms with Crippen LogP contribution >= 0.6 is 0 Å². The summed E-state index contributed by atoms with van der Waals surface area (Å²) in [5.41, 5.74) is 3.19. The van der Waals surface area contributed by atoms with Crippen molar-refractivity contribution in [2.24, 2.45) is 0 Å². The maximum atomic E-state index is 13.3. The Bertz CT molecular complexity index is 977. The zero-order chi connectivity index (χ0) is 17.9. The molecule has 3 heterocycles. The van der Waals surface area contributed by atoms with E-state index in [-0.39, 0.29) is 11.5 Å². The molecule has 1 fully saturated rings. The van der Waals surface area contributed by atoms with Gasteiger partial charge in [0.2, 0.25) is 0 Å². The normalized spacial score (nSPS) is 15.3. The maximum absolute atomic E-state index is 13.3. The van der Waals surface area contributed by atoms with Gasteiger partial charge in [-0.1, -0.05) is 18.2 Å². The molecule has 6 nitrogen and oxygen atoms in total. The minimum Gasteiger partial charge on any atom is -0.496 e. The van der Waals surface area contributed by atoms with Gasteiger partial charge < -0.3 is 10.1 Å². The Labute approximate surface area is 151 Å². The first-order valence-corrected chi connectivity index (χ1v) is 8.95. The predicted octanol–water partition coefficient (Wildman–Crippen LogP) is 2.32. The first-order valence-electron chi connectivity index (χ1n) is 8.95. The fraction of sp³-hybridized carbons (Fsp3) is 0.350. The van der Waals surface area contributed by atoms with E-state index in [1.54, 1.807) is 24.1 Å². The van der Waals surface area contributed by atoms with Crippen molar-refractivity contribution >= 4 is 11.2 Å². The molecule has 26 heavy (non-hydrogen) atoms. The number of fused-ring (bicyclic) bond motifs is 1. The number of pyridine rings is 1. The molecule has 1 saturated heterocycles. The zero-order valence-corrected chi connectivity index (χ0v) is 14.8. The number of aromatic nitrogens is 3. The molecule has 6 heteroatoms. The number of piperidine rings is 1. The third-order valence-corrected chi connectivity index (χ3v) is 5.05. The number of nitrogens with one attached hydrogen (secondary N) is 1. The Kier molecular flexibility index (Phi) is 4.67. The molecular weight excluding hydrogens is 328 g/mol. The van der Waals surface area contributed by atoms with Gasteiger partial charge in [0, 0.05) is 23.5 Å². The minimum atomic E-state index is 0.0239. The first kappa shape index (κ1) is 16.7. The number of rotatable bonds is 4. The maximum Gasteiger partial charge on any atom is 0.256 e. The van der Waals surface area contributed by atoms with Crippen molar-refractivity contribution in [3.8, 4) is 5.75 Å². The molecule has 1 aliphatic rings. The average Bonchev–Trinajstić information content (AvgIpc) is 2.71. The Morgan fingerprint density at radius 2 is 1.96 bits per heavy atom. The summed E-state index contributed by atoms with van der Waals surface area (Å²) >= 11 is 0. The lowest BCUT2D eigenvalue weighted by atomic mass is 9.91. The lowest BCUT2D eigenvalue weighted by Crippen LogP contribution is -2.32. The Hall–Kier alpha value is -2.73. The lowest BCUT2D eigenvalue weighted by Gasteiger charge is -2.23. The molecule has 0 bridgehead atoms. The molecule has 0 radical (unpaired) electrons. The highest BCUT2D eigenvalue weighted by molar-refractivity contribution is 5.71. The Morgan fingerprint density at radius 3 is 2.77 bits per heavy atom. The Balaban J connectivity index is 1.86. The van der Waals surface area contributed by atoms with Crippen LogP contribution < -0.4 is 15.6 Å². The summed E-state index contributed by atoms with van der Waals surface area (Å²) in [6.45, 7) is 2.29. The largest absolute Gasteiger partial charge is 0.496 e. The van der Waals surface area contributed by atoms with E-state index in [9.17, 15) is 4.79 Å². The van der Waals surface area contributed by atoms with Crippen LogP contribution in [-0.4, -0.2) is 34.7 Å². The van der Waals surface area contributed by atoms with Crippen molar-refractivity contribution in [1.29, 1.82) is 0 Å². The second-order valence-corrected chi connectivity index (χ2v) is 6.59. The highest BCUT2D eigenvalue weighted by Crippen LogP contribution is 2.25. The molecule has 4 rings (SSSR count). The summed E-state index contributed by atoms with van der Waals surface area (Å²) in [6.07, 6.45) is 5.24. The van der Waals surface area contributed by atoms with E-state index in [1.165, 1.54) is 0 Å². The highest BCUT2D eigenvalue weighted by atomic mass is 16.5. The summed E-state index contributed by atoms with van der Waals surface area (Å²) in [7, 11) is 1.64. The van der Waals surface area contributed by atoms with Crippen LogP contribution in [-0.2, 0) is 6.54 Å². The molecule has 0 spiro atoms. The molecule has 3 aromatic rings. The molecule has 0 atom stereocenters. The van der Waals surface area contributed by atoms with Crippen LogP contribution in [0.2, 0.25) is 0 Å². The van der Waals surface area contributed by atoms with Gasteiger partial charge in [0.25, 0.3) is 5.56 Å². The van der Waals surface area contributed by atoms with Gasteiger partial charge in [-0.25, -0.2) is 4.98 Å². The van der Waals surface area contributed by atoms with Crippen LogP contribution in [0.3, 0.4) is 0 Å². The second kappa shape index (κ2) is 7.25. The topological polar surface area (TPSA) is 69.0 Å². The van der Waals surface area contributed by atoms with Gasteiger partial charge in [-0.2, -0.15) is 0 Å². The van der Waals surface area contributed by atoms with Crippen LogP contribution in [0, 0.1) is 0 Å². The number of benzene rings is 1. The Morgan fingerprint density at radius 1 is 1.19 bits per heavy atom. The van der Waals surface area contributed by atoms with Gasteiger partial charge in [0.1, 0.15) is 11.3 Å². The molecule has 0 unspecified atom stereocenters. The van der Waals surface area contributed by atoms with Crippen LogP contribution in [0.1, 0.15) is 29.9 Å². The van der Waals surface area contributed by atoms with Crippen molar-refractivity contribution in [2.75, 3.05) is 20.2 Å². The molecule has 1 aliphatic heterocycles. The summed E-state index contributed by atoms with van der Waals surface area (Å²) in [5, 5.41) is 3.36. The van der Waals surface area contributed by atoms with E-state index in [2.05, 4.69) is 15.3 Å². The number of methoxy groups -OCH3 is 1. The van der Waals surface area contributed by atoms with E-state index in [4.69, 9.17) is 4.74 Å². The summed E-state index contributed by atoms with van der Waals surface area (Å²) in [6, 6.07) is 9.69. The molecule has 0 saturated carbocycles. The monoisotopic (exact) mass is 350 g/mol. The van der Waals surface area contributed by atoms with E-state index in [0.29, 0.717) is 12.2 Å².